The molecule has 0 aliphatic carbocycles. The average molecular weight is 373 g/mol. The Hall–Kier alpha value is -0.910. The largest absolute Gasteiger partial charge is 0.444 e. The van der Waals surface area contributed by atoms with Gasteiger partial charge in [0.05, 0.1) is 25.2 Å². The van der Waals surface area contributed by atoms with Crippen LogP contribution < -0.4 is 0 Å². The third-order valence-electron chi connectivity index (χ3n) is 2.86. The van der Waals surface area contributed by atoms with E-state index in [1.807, 2.05) is 0 Å². The molecule has 11 heteroatoms. The Labute approximate surface area is 137 Å². The minimum atomic E-state index is -3.76. The fourth-order valence-corrected chi connectivity index (χ4v) is 3.16. The van der Waals surface area contributed by atoms with Crippen LogP contribution in [0, 0.1) is 0 Å². The zero-order valence-corrected chi connectivity index (χ0v) is 15.4. The second kappa shape index (κ2) is 6.91. The molecular weight excluding hydrogens is 350 g/mol. The highest BCUT2D eigenvalue weighted by molar-refractivity contribution is 7.86. The van der Waals surface area contributed by atoms with E-state index < -0.39 is 50.7 Å². The van der Waals surface area contributed by atoms with Crippen LogP contribution in [0.1, 0.15) is 27.2 Å². The Morgan fingerprint density at radius 1 is 1.13 bits per heavy atom. The lowest BCUT2D eigenvalue weighted by atomic mass is 10.2. The summed E-state index contributed by atoms with van der Waals surface area (Å²) < 4.78 is 59.9. The van der Waals surface area contributed by atoms with Crippen molar-refractivity contribution in [1.29, 1.82) is 0 Å². The van der Waals surface area contributed by atoms with Crippen molar-refractivity contribution in [2.24, 2.45) is 0 Å². The third kappa shape index (κ3) is 7.46. The van der Waals surface area contributed by atoms with E-state index >= 15 is 0 Å². The lowest BCUT2D eigenvalue weighted by Gasteiger charge is -2.29. The highest BCUT2D eigenvalue weighted by atomic mass is 32.2. The Morgan fingerprint density at radius 2 is 1.70 bits per heavy atom. The molecule has 0 N–H and O–H groups in total. The molecule has 0 saturated carbocycles. The summed E-state index contributed by atoms with van der Waals surface area (Å²) in [5.74, 6) is 0. The van der Waals surface area contributed by atoms with Gasteiger partial charge in [-0.2, -0.15) is 16.8 Å². The predicted molar refractivity (Wildman–Crippen MR) is 81.9 cm³/mol. The van der Waals surface area contributed by atoms with Gasteiger partial charge in [-0.05, 0) is 27.2 Å². The van der Waals surface area contributed by atoms with Gasteiger partial charge >= 0.3 is 6.09 Å². The van der Waals surface area contributed by atoms with Gasteiger partial charge < -0.3 is 9.64 Å². The van der Waals surface area contributed by atoms with Crippen LogP contribution in [0.5, 0.6) is 0 Å². The van der Waals surface area contributed by atoms with Gasteiger partial charge in [0, 0.05) is 6.54 Å². The summed E-state index contributed by atoms with van der Waals surface area (Å²) >= 11 is 0. The standard InChI is InChI=1S/C12H23NO8S2/c1-12(2,3)20-11(14)13-7-6-10(21-23(5,17)18)9(13)8-19-22(4,15)16/h9-10H,6-8H2,1-5H3. The first-order chi connectivity index (χ1) is 10.2. The Morgan fingerprint density at radius 3 is 2.13 bits per heavy atom. The number of ether oxygens (including phenoxy) is 1. The maximum absolute atomic E-state index is 12.2. The zero-order chi connectivity index (χ0) is 18.1. The summed E-state index contributed by atoms with van der Waals surface area (Å²) in [7, 11) is -7.51. The van der Waals surface area contributed by atoms with Crippen molar-refractivity contribution in [2.75, 3.05) is 25.7 Å². The van der Waals surface area contributed by atoms with E-state index in [1.54, 1.807) is 20.8 Å². The Kier molecular flexibility index (Phi) is 6.05. The summed E-state index contributed by atoms with van der Waals surface area (Å²) in [5.41, 5.74) is -0.741. The number of hydrogen-bond donors (Lipinski definition) is 0. The molecular formula is C12H23NO8S2. The van der Waals surface area contributed by atoms with Crippen LogP contribution in [-0.2, 0) is 33.3 Å². The van der Waals surface area contributed by atoms with Crippen LogP contribution in [-0.4, -0.2) is 71.2 Å². The maximum Gasteiger partial charge on any atom is 0.410 e. The van der Waals surface area contributed by atoms with Gasteiger partial charge in [-0.3, -0.25) is 8.37 Å². The van der Waals surface area contributed by atoms with Gasteiger partial charge in [0.25, 0.3) is 20.2 Å². The van der Waals surface area contributed by atoms with E-state index in [4.69, 9.17) is 13.1 Å². The molecule has 9 nitrogen and oxygen atoms in total. The van der Waals surface area contributed by atoms with E-state index in [-0.39, 0.29) is 13.0 Å². The number of carbonyl (C=O) groups excluding carboxylic acids is 1. The molecule has 1 rings (SSSR count). The molecule has 2 unspecified atom stereocenters. The number of amides is 1. The normalized spacial score (nSPS) is 23.1. The average Bonchev–Trinajstić information content (AvgIpc) is 2.63. The number of nitrogens with zero attached hydrogens (tertiary/aromatic N) is 1. The summed E-state index contributed by atoms with van der Waals surface area (Å²) in [4.78, 5) is 13.4. The molecule has 2 atom stereocenters. The smallest absolute Gasteiger partial charge is 0.410 e. The molecule has 23 heavy (non-hydrogen) atoms. The zero-order valence-electron chi connectivity index (χ0n) is 13.8. The Balaban J connectivity index is 2.93. The first kappa shape index (κ1) is 20.1. The maximum atomic E-state index is 12.2. The molecule has 0 bridgehead atoms. The third-order valence-corrected chi connectivity index (χ3v) is 4.02. The summed E-state index contributed by atoms with van der Waals surface area (Å²) in [6.07, 6.45) is 0.409. The topological polar surface area (TPSA) is 116 Å². The highest BCUT2D eigenvalue weighted by Crippen LogP contribution is 2.25. The van der Waals surface area contributed by atoms with Crippen LogP contribution in [0.15, 0.2) is 0 Å². The SMILES string of the molecule is CC(C)(C)OC(=O)N1CCC(OS(C)(=O)=O)C1COS(C)(=O)=O. The molecule has 1 saturated heterocycles. The molecule has 1 aliphatic heterocycles. The first-order valence-corrected chi connectivity index (χ1v) is 10.5. The van der Waals surface area contributed by atoms with Crippen LogP contribution >= 0.6 is 0 Å². The number of rotatable bonds is 5. The highest BCUT2D eigenvalue weighted by Gasteiger charge is 2.42. The van der Waals surface area contributed by atoms with Gasteiger partial charge in [0.15, 0.2) is 0 Å². The van der Waals surface area contributed by atoms with Crippen molar-refractivity contribution in [3.63, 3.8) is 0 Å². The van der Waals surface area contributed by atoms with E-state index in [1.165, 1.54) is 4.90 Å². The second-order valence-electron chi connectivity index (χ2n) is 6.36. The van der Waals surface area contributed by atoms with Crippen molar-refractivity contribution in [2.45, 2.75) is 44.9 Å². The van der Waals surface area contributed by atoms with Gasteiger partial charge in [-0.1, -0.05) is 0 Å². The summed E-state index contributed by atoms with van der Waals surface area (Å²) in [5, 5.41) is 0. The molecule has 1 aliphatic rings. The lowest BCUT2D eigenvalue weighted by molar-refractivity contribution is 0.0117. The van der Waals surface area contributed by atoms with Gasteiger partial charge in [-0.25, -0.2) is 4.79 Å². The molecule has 0 aromatic rings. The van der Waals surface area contributed by atoms with Crippen molar-refractivity contribution in [3.8, 4) is 0 Å². The number of carbonyl (C=O) groups is 1. The molecule has 1 fully saturated rings. The van der Waals surface area contributed by atoms with Gasteiger partial charge in [0.1, 0.15) is 11.7 Å². The van der Waals surface area contributed by atoms with Gasteiger partial charge in [-0.15, -0.1) is 0 Å². The van der Waals surface area contributed by atoms with Crippen LogP contribution in [0.3, 0.4) is 0 Å². The predicted octanol–water partition coefficient (Wildman–Crippen LogP) is 0.317. The Bertz CT molecular complexity index is 634. The van der Waals surface area contributed by atoms with E-state index in [0.717, 1.165) is 12.5 Å². The minimum absolute atomic E-state index is 0.174. The van der Waals surface area contributed by atoms with E-state index in [2.05, 4.69) is 0 Å². The number of likely N-dealkylation sites (tertiary alicyclic amines) is 1. The molecule has 0 spiro atoms. The van der Waals surface area contributed by atoms with E-state index in [0.29, 0.717) is 0 Å². The van der Waals surface area contributed by atoms with E-state index in [9.17, 15) is 21.6 Å². The fraction of sp³-hybridized carbons (Fsp3) is 0.917. The van der Waals surface area contributed by atoms with Crippen molar-refractivity contribution < 1.29 is 34.7 Å². The monoisotopic (exact) mass is 373 g/mol. The number of hydrogen-bond acceptors (Lipinski definition) is 8. The summed E-state index contributed by atoms with van der Waals surface area (Å²) in [6.45, 7) is 4.83. The first-order valence-electron chi connectivity index (χ1n) is 6.90. The van der Waals surface area contributed by atoms with Crippen molar-refractivity contribution >= 4 is 26.3 Å². The molecule has 0 aromatic heterocycles. The quantitative estimate of drug-likeness (QED) is 0.633. The minimum Gasteiger partial charge on any atom is -0.444 e. The molecule has 136 valence electrons. The van der Waals surface area contributed by atoms with Gasteiger partial charge in [0.2, 0.25) is 0 Å². The van der Waals surface area contributed by atoms with Crippen LogP contribution in [0.4, 0.5) is 4.79 Å². The molecule has 1 heterocycles. The molecule has 0 radical (unpaired) electrons. The molecule has 1 amide bonds. The lowest BCUT2D eigenvalue weighted by Crippen LogP contribution is -2.46. The fourth-order valence-electron chi connectivity index (χ4n) is 2.10. The van der Waals surface area contributed by atoms with Crippen LogP contribution in [0.25, 0.3) is 0 Å². The molecule has 0 aromatic carbocycles. The second-order valence-corrected chi connectivity index (χ2v) is 9.60. The van der Waals surface area contributed by atoms with Crippen molar-refractivity contribution in [3.05, 3.63) is 0 Å². The van der Waals surface area contributed by atoms with Crippen LogP contribution in [0.2, 0.25) is 0 Å². The summed E-state index contributed by atoms with van der Waals surface area (Å²) in [6, 6.07) is -0.880. The van der Waals surface area contributed by atoms with Crippen molar-refractivity contribution in [1.82, 2.24) is 4.90 Å².